The average molecular weight is 475 g/mol. The summed E-state index contributed by atoms with van der Waals surface area (Å²) in [6.07, 6.45) is 1.53. The zero-order chi connectivity index (χ0) is 23.7. The molecule has 2 aromatic carbocycles. The second-order valence-electron chi connectivity index (χ2n) is 8.35. The fourth-order valence-electron chi connectivity index (χ4n) is 4.24. The van der Waals surface area contributed by atoms with Crippen LogP contribution in [0.25, 0.3) is 16.9 Å². The summed E-state index contributed by atoms with van der Waals surface area (Å²) in [4.78, 5) is 11.2. The van der Waals surface area contributed by atoms with Crippen molar-refractivity contribution in [3.8, 4) is 16.9 Å². The molecule has 0 radical (unpaired) electrons. The molecule has 0 saturated carbocycles. The van der Waals surface area contributed by atoms with E-state index in [0.29, 0.717) is 36.9 Å². The van der Waals surface area contributed by atoms with Gasteiger partial charge in [-0.15, -0.1) is 0 Å². The van der Waals surface area contributed by atoms with Crippen molar-refractivity contribution in [2.75, 3.05) is 31.1 Å². The van der Waals surface area contributed by atoms with Gasteiger partial charge in [-0.3, -0.25) is 0 Å². The van der Waals surface area contributed by atoms with Gasteiger partial charge in [-0.25, -0.2) is 23.1 Å². The molecular weight excluding hydrogens is 448 g/mol. The van der Waals surface area contributed by atoms with Gasteiger partial charge in [0.15, 0.2) is 5.82 Å². The van der Waals surface area contributed by atoms with Crippen molar-refractivity contribution in [2.24, 2.45) is 0 Å². The van der Waals surface area contributed by atoms with Gasteiger partial charge in [-0.2, -0.15) is 9.40 Å². The minimum Gasteiger partial charge on any atom is -0.354 e. The highest BCUT2D eigenvalue weighted by atomic mass is 32.2. The summed E-state index contributed by atoms with van der Waals surface area (Å²) in [5.41, 5.74) is 3.97. The smallest absolute Gasteiger partial charge is 0.243 e. The molecule has 0 spiro atoms. The maximum absolute atomic E-state index is 13.2. The van der Waals surface area contributed by atoms with E-state index >= 15 is 0 Å². The lowest BCUT2D eigenvalue weighted by molar-refractivity contribution is 0.383. The summed E-state index contributed by atoms with van der Waals surface area (Å²) in [5.74, 6) is 1.46. The molecule has 2 aromatic heterocycles. The van der Waals surface area contributed by atoms with Crippen molar-refractivity contribution in [1.82, 2.24) is 24.1 Å². The van der Waals surface area contributed by atoms with Crippen molar-refractivity contribution < 1.29 is 8.42 Å². The first-order chi connectivity index (χ1) is 16.4. The Hall–Kier alpha value is -3.56. The summed E-state index contributed by atoms with van der Waals surface area (Å²) in [7, 11) is -3.56. The van der Waals surface area contributed by atoms with Crippen LogP contribution in [0.15, 0.2) is 78.0 Å². The monoisotopic (exact) mass is 474 g/mol. The number of aryl methyl sites for hydroxylation is 2. The second kappa shape index (κ2) is 9.00. The maximum atomic E-state index is 13.2. The van der Waals surface area contributed by atoms with Crippen LogP contribution in [0.1, 0.15) is 11.4 Å². The van der Waals surface area contributed by atoms with Crippen LogP contribution in [0, 0.1) is 13.8 Å². The van der Waals surface area contributed by atoms with Gasteiger partial charge in [0.25, 0.3) is 0 Å². The lowest BCUT2D eigenvalue weighted by Gasteiger charge is -2.34. The van der Waals surface area contributed by atoms with Gasteiger partial charge < -0.3 is 4.90 Å². The third-order valence-corrected chi connectivity index (χ3v) is 7.94. The molecule has 0 atom stereocenters. The van der Waals surface area contributed by atoms with Gasteiger partial charge in [0.1, 0.15) is 12.1 Å². The zero-order valence-electron chi connectivity index (χ0n) is 19.2. The predicted octanol–water partition coefficient (Wildman–Crippen LogP) is 3.46. The third kappa shape index (κ3) is 4.32. The number of hydrogen-bond acceptors (Lipinski definition) is 6. The molecule has 3 heterocycles. The topological polar surface area (TPSA) is 84.2 Å². The summed E-state index contributed by atoms with van der Waals surface area (Å²) >= 11 is 0. The molecule has 1 aliphatic heterocycles. The van der Waals surface area contributed by atoms with Gasteiger partial charge in [-0.1, -0.05) is 42.5 Å². The Bertz CT molecular complexity index is 1390. The number of nitrogens with zero attached hydrogens (tertiary/aromatic N) is 6. The number of rotatable bonds is 5. The van der Waals surface area contributed by atoms with Crippen molar-refractivity contribution >= 4 is 15.8 Å². The summed E-state index contributed by atoms with van der Waals surface area (Å²) in [5, 5.41) is 4.49. The van der Waals surface area contributed by atoms with Crippen LogP contribution in [0.5, 0.6) is 0 Å². The minimum absolute atomic E-state index is 0.314. The lowest BCUT2D eigenvalue weighted by atomic mass is 10.1. The molecule has 0 bridgehead atoms. The second-order valence-corrected chi connectivity index (χ2v) is 10.3. The Kier molecular flexibility index (Phi) is 5.89. The molecule has 8 nitrogen and oxygen atoms in total. The predicted molar refractivity (Wildman–Crippen MR) is 131 cm³/mol. The summed E-state index contributed by atoms with van der Waals surface area (Å²) < 4.78 is 29.8. The van der Waals surface area contributed by atoms with Crippen LogP contribution >= 0.6 is 0 Å². The molecule has 174 valence electrons. The van der Waals surface area contributed by atoms with Crippen molar-refractivity contribution in [1.29, 1.82) is 0 Å². The van der Waals surface area contributed by atoms with Gasteiger partial charge in [0.2, 0.25) is 10.0 Å². The van der Waals surface area contributed by atoms with Crippen molar-refractivity contribution in [3.63, 3.8) is 0 Å². The summed E-state index contributed by atoms with van der Waals surface area (Å²) in [6.45, 7) is 5.81. The highest BCUT2D eigenvalue weighted by Crippen LogP contribution is 2.24. The van der Waals surface area contributed by atoms with E-state index in [1.165, 1.54) is 6.33 Å². The number of benzene rings is 2. The van der Waals surface area contributed by atoms with Crippen LogP contribution in [0.3, 0.4) is 0 Å². The number of piperazine rings is 1. The summed E-state index contributed by atoms with van der Waals surface area (Å²) in [6, 6.07) is 20.9. The lowest BCUT2D eigenvalue weighted by Crippen LogP contribution is -2.48. The van der Waals surface area contributed by atoms with Crippen molar-refractivity contribution in [2.45, 2.75) is 18.7 Å². The molecular formula is C25H26N6O2S. The Morgan fingerprint density at radius 3 is 2.06 bits per heavy atom. The van der Waals surface area contributed by atoms with Crippen LogP contribution in [0.4, 0.5) is 5.82 Å². The molecule has 1 aliphatic rings. The normalized spacial score (nSPS) is 14.9. The van der Waals surface area contributed by atoms with Crippen LogP contribution in [-0.2, 0) is 10.0 Å². The van der Waals surface area contributed by atoms with Crippen LogP contribution in [0.2, 0.25) is 0 Å². The highest BCUT2D eigenvalue weighted by Gasteiger charge is 2.29. The molecule has 0 amide bonds. The van der Waals surface area contributed by atoms with Gasteiger partial charge in [0.05, 0.1) is 10.6 Å². The zero-order valence-corrected chi connectivity index (χ0v) is 20.0. The minimum atomic E-state index is -3.56. The molecule has 5 rings (SSSR count). The van der Waals surface area contributed by atoms with E-state index in [1.807, 2.05) is 68.4 Å². The Morgan fingerprint density at radius 1 is 0.765 bits per heavy atom. The average Bonchev–Trinajstić information content (AvgIpc) is 3.22. The van der Waals surface area contributed by atoms with Crippen molar-refractivity contribution in [3.05, 3.63) is 84.4 Å². The SMILES string of the molecule is Cc1cc(C)n(-c2cc(N3CCN(S(=O)(=O)c4ccc(-c5ccccc5)cc4)CC3)ncn2)n1. The van der Waals surface area contributed by atoms with Crippen LogP contribution < -0.4 is 4.90 Å². The maximum Gasteiger partial charge on any atom is 0.243 e. The fraction of sp³-hybridized carbons (Fsp3) is 0.240. The molecule has 0 aliphatic carbocycles. The first kappa shape index (κ1) is 22.2. The van der Waals surface area contributed by atoms with Gasteiger partial charge in [-0.05, 0) is 43.2 Å². The number of sulfonamides is 1. The van der Waals surface area contributed by atoms with E-state index in [2.05, 4.69) is 20.0 Å². The Balaban J connectivity index is 1.29. The first-order valence-corrected chi connectivity index (χ1v) is 12.6. The Labute approximate surface area is 199 Å². The van der Waals surface area contributed by atoms with Crippen LogP contribution in [-0.4, -0.2) is 58.7 Å². The quantitative estimate of drug-likeness (QED) is 0.441. The highest BCUT2D eigenvalue weighted by molar-refractivity contribution is 7.89. The first-order valence-electron chi connectivity index (χ1n) is 11.2. The number of aromatic nitrogens is 4. The van der Waals surface area contributed by atoms with E-state index < -0.39 is 10.0 Å². The van der Waals surface area contributed by atoms with E-state index in [9.17, 15) is 8.42 Å². The third-order valence-electron chi connectivity index (χ3n) is 6.03. The number of hydrogen-bond donors (Lipinski definition) is 0. The molecule has 1 fully saturated rings. The van der Waals surface area contributed by atoms with E-state index in [4.69, 9.17) is 0 Å². The van der Waals surface area contributed by atoms with E-state index in [1.54, 1.807) is 21.1 Å². The molecule has 34 heavy (non-hydrogen) atoms. The van der Waals surface area contributed by atoms with E-state index in [-0.39, 0.29) is 0 Å². The molecule has 9 heteroatoms. The molecule has 4 aromatic rings. The van der Waals surface area contributed by atoms with Gasteiger partial charge in [0, 0.05) is 37.9 Å². The molecule has 1 saturated heterocycles. The number of anilines is 1. The Morgan fingerprint density at radius 2 is 1.41 bits per heavy atom. The van der Waals surface area contributed by atoms with Gasteiger partial charge >= 0.3 is 0 Å². The van der Waals surface area contributed by atoms with E-state index in [0.717, 1.165) is 28.3 Å². The molecule has 0 N–H and O–H groups in total. The largest absolute Gasteiger partial charge is 0.354 e. The fourth-order valence-corrected chi connectivity index (χ4v) is 5.67. The standard InChI is InChI=1S/C25H26N6O2S/c1-19-16-20(2)31(28-19)25-17-24(26-18-27-25)29-12-14-30(15-13-29)34(32,33)23-10-8-22(9-11-23)21-6-4-3-5-7-21/h3-11,16-18H,12-15H2,1-2H3. The molecule has 0 unspecified atom stereocenters.